The molecule has 0 bridgehead atoms. The standard InChI is InChI=1S/C16H17NO3/c1-3-17(12-7-6-8-13(18)11-12)16(19)14-9-4-5-10-15(14)20-2/h4-11,18H,3H2,1-2H3. The van der Waals surface area contributed by atoms with Gasteiger partial charge in [-0.3, -0.25) is 4.79 Å². The van der Waals surface area contributed by atoms with Crippen LogP contribution in [0.1, 0.15) is 17.3 Å². The van der Waals surface area contributed by atoms with Crippen molar-refractivity contribution in [2.75, 3.05) is 18.6 Å². The van der Waals surface area contributed by atoms with Crippen molar-refractivity contribution in [3.05, 3.63) is 54.1 Å². The third-order valence-electron chi connectivity index (χ3n) is 3.04. The first-order valence-electron chi connectivity index (χ1n) is 6.41. The Hall–Kier alpha value is -2.49. The molecule has 0 atom stereocenters. The lowest BCUT2D eigenvalue weighted by molar-refractivity contribution is 0.0985. The van der Waals surface area contributed by atoms with E-state index in [1.54, 1.807) is 47.4 Å². The Kier molecular flexibility index (Phi) is 4.25. The number of benzene rings is 2. The second-order valence-electron chi connectivity index (χ2n) is 4.27. The third kappa shape index (κ3) is 2.74. The molecule has 4 nitrogen and oxygen atoms in total. The van der Waals surface area contributed by atoms with Gasteiger partial charge in [0.1, 0.15) is 11.5 Å². The first-order valence-corrected chi connectivity index (χ1v) is 6.41. The van der Waals surface area contributed by atoms with E-state index in [1.807, 2.05) is 13.0 Å². The number of aromatic hydroxyl groups is 1. The molecule has 0 spiro atoms. The van der Waals surface area contributed by atoms with Gasteiger partial charge in [0.15, 0.2) is 0 Å². The van der Waals surface area contributed by atoms with Gasteiger partial charge in [-0.15, -0.1) is 0 Å². The maximum absolute atomic E-state index is 12.6. The fraction of sp³-hybridized carbons (Fsp3) is 0.188. The van der Waals surface area contributed by atoms with Crippen LogP contribution in [-0.4, -0.2) is 24.7 Å². The molecule has 1 N–H and O–H groups in total. The predicted molar refractivity (Wildman–Crippen MR) is 78.5 cm³/mol. The van der Waals surface area contributed by atoms with Gasteiger partial charge in [0.05, 0.1) is 12.7 Å². The Balaban J connectivity index is 2.39. The number of hydrogen-bond donors (Lipinski definition) is 1. The second-order valence-corrected chi connectivity index (χ2v) is 4.27. The van der Waals surface area contributed by atoms with Gasteiger partial charge in [-0.05, 0) is 31.2 Å². The van der Waals surface area contributed by atoms with Crippen molar-refractivity contribution < 1.29 is 14.6 Å². The highest BCUT2D eigenvalue weighted by molar-refractivity contribution is 6.07. The van der Waals surface area contributed by atoms with Gasteiger partial charge in [-0.25, -0.2) is 0 Å². The monoisotopic (exact) mass is 271 g/mol. The number of phenols is 1. The van der Waals surface area contributed by atoms with E-state index in [0.717, 1.165) is 0 Å². The summed E-state index contributed by atoms with van der Waals surface area (Å²) in [7, 11) is 1.54. The lowest BCUT2D eigenvalue weighted by atomic mass is 10.1. The summed E-state index contributed by atoms with van der Waals surface area (Å²) in [6.07, 6.45) is 0. The summed E-state index contributed by atoms with van der Waals surface area (Å²) in [5.41, 5.74) is 1.16. The minimum atomic E-state index is -0.157. The van der Waals surface area contributed by atoms with Crippen LogP contribution in [0.2, 0.25) is 0 Å². The van der Waals surface area contributed by atoms with Gasteiger partial charge in [0, 0.05) is 18.3 Å². The van der Waals surface area contributed by atoms with Crippen LogP contribution in [0.5, 0.6) is 11.5 Å². The van der Waals surface area contributed by atoms with Crippen molar-refractivity contribution in [3.8, 4) is 11.5 Å². The minimum Gasteiger partial charge on any atom is -0.508 e. The van der Waals surface area contributed by atoms with Crippen molar-refractivity contribution in [2.24, 2.45) is 0 Å². The van der Waals surface area contributed by atoms with Gasteiger partial charge in [0.2, 0.25) is 0 Å². The zero-order valence-electron chi connectivity index (χ0n) is 11.5. The number of nitrogens with zero attached hydrogens (tertiary/aromatic N) is 1. The van der Waals surface area contributed by atoms with E-state index >= 15 is 0 Å². The summed E-state index contributed by atoms with van der Waals surface area (Å²) in [5, 5.41) is 9.55. The number of rotatable bonds is 4. The average Bonchev–Trinajstić information content (AvgIpc) is 2.48. The molecule has 20 heavy (non-hydrogen) atoms. The molecule has 104 valence electrons. The highest BCUT2D eigenvalue weighted by Crippen LogP contribution is 2.25. The van der Waals surface area contributed by atoms with Crippen LogP contribution in [-0.2, 0) is 0 Å². The highest BCUT2D eigenvalue weighted by atomic mass is 16.5. The number of phenolic OH excluding ortho intramolecular Hbond substituents is 1. The largest absolute Gasteiger partial charge is 0.508 e. The quantitative estimate of drug-likeness (QED) is 0.929. The van der Waals surface area contributed by atoms with Crippen molar-refractivity contribution in [2.45, 2.75) is 6.92 Å². The Morgan fingerprint density at radius 3 is 2.60 bits per heavy atom. The lowest BCUT2D eigenvalue weighted by Gasteiger charge is -2.22. The maximum atomic E-state index is 12.6. The molecule has 0 fully saturated rings. The molecule has 0 radical (unpaired) electrons. The SMILES string of the molecule is CCN(C(=O)c1ccccc1OC)c1cccc(O)c1. The van der Waals surface area contributed by atoms with E-state index in [-0.39, 0.29) is 11.7 Å². The van der Waals surface area contributed by atoms with Gasteiger partial charge in [-0.2, -0.15) is 0 Å². The summed E-state index contributed by atoms with van der Waals surface area (Å²) >= 11 is 0. The number of carbonyl (C=O) groups excluding carboxylic acids is 1. The molecule has 0 unspecified atom stereocenters. The van der Waals surface area contributed by atoms with Crippen molar-refractivity contribution in [1.82, 2.24) is 0 Å². The molecule has 0 heterocycles. The molecule has 0 aliphatic carbocycles. The smallest absolute Gasteiger partial charge is 0.262 e. The van der Waals surface area contributed by atoms with Crippen LogP contribution in [0, 0.1) is 0 Å². The molecule has 0 aliphatic heterocycles. The van der Waals surface area contributed by atoms with E-state index in [4.69, 9.17) is 4.74 Å². The molecule has 0 aromatic heterocycles. The highest BCUT2D eigenvalue weighted by Gasteiger charge is 2.19. The lowest BCUT2D eigenvalue weighted by Crippen LogP contribution is -2.30. The molecule has 2 aromatic carbocycles. The normalized spacial score (nSPS) is 10.1. The van der Waals surface area contributed by atoms with Gasteiger partial charge in [-0.1, -0.05) is 18.2 Å². The molecular weight excluding hydrogens is 254 g/mol. The number of anilines is 1. The number of methoxy groups -OCH3 is 1. The summed E-state index contributed by atoms with van der Waals surface area (Å²) < 4.78 is 5.22. The van der Waals surface area contributed by atoms with Gasteiger partial charge >= 0.3 is 0 Å². The molecule has 0 saturated heterocycles. The molecule has 0 saturated carbocycles. The van der Waals surface area contributed by atoms with Crippen LogP contribution in [0.3, 0.4) is 0 Å². The van der Waals surface area contributed by atoms with E-state index in [9.17, 15) is 9.90 Å². The Morgan fingerprint density at radius 1 is 1.20 bits per heavy atom. The molecular formula is C16H17NO3. The number of para-hydroxylation sites is 1. The van der Waals surface area contributed by atoms with Crippen molar-refractivity contribution >= 4 is 11.6 Å². The van der Waals surface area contributed by atoms with Crippen molar-refractivity contribution in [3.63, 3.8) is 0 Å². The minimum absolute atomic E-state index is 0.133. The summed E-state index contributed by atoms with van der Waals surface area (Å²) in [4.78, 5) is 14.2. The molecule has 0 aliphatic rings. The summed E-state index contributed by atoms with van der Waals surface area (Å²) in [6, 6.07) is 13.7. The fourth-order valence-electron chi connectivity index (χ4n) is 2.07. The molecule has 2 aromatic rings. The second kappa shape index (κ2) is 6.10. The van der Waals surface area contributed by atoms with Crippen molar-refractivity contribution in [1.29, 1.82) is 0 Å². The van der Waals surface area contributed by atoms with Crippen LogP contribution in [0.15, 0.2) is 48.5 Å². The van der Waals surface area contributed by atoms with E-state index in [0.29, 0.717) is 23.5 Å². The van der Waals surface area contributed by atoms with Crippen LogP contribution < -0.4 is 9.64 Å². The molecule has 1 amide bonds. The van der Waals surface area contributed by atoms with E-state index < -0.39 is 0 Å². The summed E-state index contributed by atoms with van der Waals surface area (Å²) in [5.74, 6) is 0.514. The van der Waals surface area contributed by atoms with Crippen LogP contribution in [0.4, 0.5) is 5.69 Å². The number of carbonyl (C=O) groups is 1. The number of ether oxygens (including phenoxy) is 1. The van der Waals surface area contributed by atoms with E-state index in [1.165, 1.54) is 7.11 Å². The third-order valence-corrected chi connectivity index (χ3v) is 3.04. The fourth-order valence-corrected chi connectivity index (χ4v) is 2.07. The predicted octanol–water partition coefficient (Wildman–Crippen LogP) is 3.07. The van der Waals surface area contributed by atoms with Crippen LogP contribution in [0.25, 0.3) is 0 Å². The van der Waals surface area contributed by atoms with Gasteiger partial charge < -0.3 is 14.7 Å². The first kappa shape index (κ1) is 13.9. The van der Waals surface area contributed by atoms with Gasteiger partial charge in [0.25, 0.3) is 5.91 Å². The Bertz CT molecular complexity index is 610. The maximum Gasteiger partial charge on any atom is 0.262 e. The topological polar surface area (TPSA) is 49.8 Å². The zero-order valence-corrected chi connectivity index (χ0v) is 11.5. The Morgan fingerprint density at radius 2 is 1.95 bits per heavy atom. The zero-order chi connectivity index (χ0) is 14.5. The Labute approximate surface area is 118 Å². The molecule has 2 rings (SSSR count). The average molecular weight is 271 g/mol. The molecule has 4 heteroatoms. The van der Waals surface area contributed by atoms with Crippen LogP contribution >= 0.6 is 0 Å². The van der Waals surface area contributed by atoms with E-state index in [2.05, 4.69) is 0 Å². The first-order chi connectivity index (χ1) is 9.67. The summed E-state index contributed by atoms with van der Waals surface area (Å²) in [6.45, 7) is 2.39. The number of amides is 1. The number of hydrogen-bond acceptors (Lipinski definition) is 3.